The van der Waals surface area contributed by atoms with Crippen LogP contribution < -0.4 is 5.32 Å². The molecule has 0 amide bonds. The second kappa shape index (κ2) is 8.80. The van der Waals surface area contributed by atoms with Gasteiger partial charge in [-0.1, -0.05) is 56.3 Å². The Hall–Kier alpha value is -2.98. The Labute approximate surface area is 178 Å². The fourth-order valence-electron chi connectivity index (χ4n) is 4.48. The third kappa shape index (κ3) is 4.14. The van der Waals surface area contributed by atoms with Gasteiger partial charge in [-0.15, -0.1) is 0 Å². The lowest BCUT2D eigenvalue weighted by Crippen LogP contribution is -2.30. The molecule has 4 heteroatoms. The molecule has 0 bridgehead atoms. The Morgan fingerprint density at radius 1 is 1.20 bits per heavy atom. The number of hydrogen-bond donors (Lipinski definition) is 2. The lowest BCUT2D eigenvalue weighted by Gasteiger charge is -2.28. The Kier molecular flexibility index (Phi) is 5.96. The van der Waals surface area contributed by atoms with Crippen LogP contribution in [0, 0.1) is 0 Å². The molecule has 2 N–H and O–H groups in total. The van der Waals surface area contributed by atoms with Crippen molar-refractivity contribution < 1.29 is 9.90 Å². The molecule has 1 atom stereocenters. The summed E-state index contributed by atoms with van der Waals surface area (Å²) >= 11 is 0. The number of aryl methyl sites for hydroxylation is 1. The summed E-state index contributed by atoms with van der Waals surface area (Å²) < 4.78 is 0. The molecule has 1 aromatic heterocycles. The molecule has 4 rings (SSSR count). The van der Waals surface area contributed by atoms with Gasteiger partial charge in [-0.25, -0.2) is 4.79 Å². The van der Waals surface area contributed by atoms with Crippen molar-refractivity contribution in [3.63, 3.8) is 0 Å². The van der Waals surface area contributed by atoms with Crippen LogP contribution >= 0.6 is 0 Å². The first-order chi connectivity index (χ1) is 14.5. The molecule has 4 nitrogen and oxygen atoms in total. The number of carboxylic acids is 1. The van der Waals surface area contributed by atoms with E-state index in [2.05, 4.69) is 66.6 Å². The molecule has 0 fully saturated rings. The number of fused-ring (bicyclic) bond motifs is 1. The number of pyridine rings is 1. The highest BCUT2D eigenvalue weighted by molar-refractivity contribution is 5.89. The standard InChI is InChI=1S/C26H28N2O2/c1-17(2)21-5-3-4-6-22(21)18-7-9-23-19(15-18)11-14-28-25(23)10-8-20-16-27-13-12-24(20)26(29)30/h3-7,9,12-13,15-17,25,28H,8,10-11,14H2,1-2H3,(H,29,30)/t25-/m1/s1. The van der Waals surface area contributed by atoms with Gasteiger partial charge >= 0.3 is 5.97 Å². The molecule has 0 saturated heterocycles. The van der Waals surface area contributed by atoms with Crippen LogP contribution in [0.4, 0.5) is 0 Å². The summed E-state index contributed by atoms with van der Waals surface area (Å²) in [6.07, 6.45) is 5.76. The summed E-state index contributed by atoms with van der Waals surface area (Å²) in [4.78, 5) is 15.6. The van der Waals surface area contributed by atoms with Gasteiger partial charge < -0.3 is 10.4 Å². The minimum atomic E-state index is -0.891. The summed E-state index contributed by atoms with van der Waals surface area (Å²) in [5, 5.41) is 13.0. The van der Waals surface area contributed by atoms with Crippen molar-refractivity contribution in [3.8, 4) is 11.1 Å². The van der Waals surface area contributed by atoms with Gasteiger partial charge in [0, 0.05) is 18.4 Å². The molecule has 1 aliphatic heterocycles. The highest BCUT2D eigenvalue weighted by Gasteiger charge is 2.21. The predicted molar refractivity (Wildman–Crippen MR) is 120 cm³/mol. The van der Waals surface area contributed by atoms with Crippen molar-refractivity contribution in [1.82, 2.24) is 10.3 Å². The minimum Gasteiger partial charge on any atom is -0.478 e. The van der Waals surface area contributed by atoms with Crippen LogP contribution in [0.15, 0.2) is 60.9 Å². The molecule has 0 aliphatic carbocycles. The van der Waals surface area contributed by atoms with E-state index in [1.54, 1.807) is 12.3 Å². The van der Waals surface area contributed by atoms with Crippen molar-refractivity contribution in [2.75, 3.05) is 6.54 Å². The van der Waals surface area contributed by atoms with Crippen molar-refractivity contribution in [3.05, 3.63) is 88.7 Å². The summed E-state index contributed by atoms with van der Waals surface area (Å²) in [5.41, 5.74) is 7.82. The molecule has 1 aliphatic rings. The summed E-state index contributed by atoms with van der Waals surface area (Å²) in [7, 11) is 0. The smallest absolute Gasteiger partial charge is 0.336 e. The van der Waals surface area contributed by atoms with Crippen LogP contribution in [-0.2, 0) is 12.8 Å². The number of nitrogens with one attached hydrogen (secondary N) is 1. The van der Waals surface area contributed by atoms with Crippen LogP contribution in [0.25, 0.3) is 11.1 Å². The number of aromatic nitrogens is 1. The Morgan fingerprint density at radius 2 is 2.03 bits per heavy atom. The maximum atomic E-state index is 11.5. The van der Waals surface area contributed by atoms with Gasteiger partial charge in [-0.3, -0.25) is 4.98 Å². The lowest BCUT2D eigenvalue weighted by atomic mass is 9.86. The first-order valence-corrected chi connectivity index (χ1v) is 10.7. The SMILES string of the molecule is CC(C)c1ccccc1-c1ccc2c(c1)CCN[C@@H]2CCc1cnccc1C(=O)O. The molecule has 2 aromatic carbocycles. The fourth-order valence-corrected chi connectivity index (χ4v) is 4.48. The Balaban J connectivity index is 1.58. The maximum Gasteiger partial charge on any atom is 0.336 e. The molecule has 154 valence electrons. The zero-order valence-corrected chi connectivity index (χ0v) is 17.6. The highest BCUT2D eigenvalue weighted by atomic mass is 16.4. The van der Waals surface area contributed by atoms with Gasteiger partial charge in [0.15, 0.2) is 0 Å². The first-order valence-electron chi connectivity index (χ1n) is 10.7. The Morgan fingerprint density at radius 3 is 2.83 bits per heavy atom. The van der Waals surface area contributed by atoms with E-state index >= 15 is 0 Å². The van der Waals surface area contributed by atoms with Crippen molar-refractivity contribution in [2.24, 2.45) is 0 Å². The molecule has 30 heavy (non-hydrogen) atoms. The van der Waals surface area contributed by atoms with Gasteiger partial charge in [0.05, 0.1) is 5.56 Å². The number of rotatable bonds is 6. The summed E-state index contributed by atoms with van der Waals surface area (Å²) in [6, 6.07) is 17.3. The monoisotopic (exact) mass is 400 g/mol. The topological polar surface area (TPSA) is 62.2 Å². The molecular formula is C26H28N2O2. The number of hydrogen-bond acceptors (Lipinski definition) is 3. The number of benzene rings is 2. The van der Waals surface area contributed by atoms with E-state index in [0.717, 1.165) is 24.9 Å². The van der Waals surface area contributed by atoms with Crippen LogP contribution in [0.3, 0.4) is 0 Å². The van der Waals surface area contributed by atoms with Crippen LogP contribution in [-0.4, -0.2) is 22.6 Å². The quantitative estimate of drug-likeness (QED) is 0.582. The van der Waals surface area contributed by atoms with E-state index in [0.29, 0.717) is 17.9 Å². The predicted octanol–water partition coefficient (Wildman–Crippen LogP) is 5.39. The average molecular weight is 401 g/mol. The third-order valence-electron chi connectivity index (χ3n) is 6.03. The van der Waals surface area contributed by atoms with E-state index in [1.807, 2.05) is 0 Å². The van der Waals surface area contributed by atoms with E-state index in [9.17, 15) is 9.90 Å². The average Bonchev–Trinajstić information content (AvgIpc) is 2.77. The van der Waals surface area contributed by atoms with Crippen LogP contribution in [0.2, 0.25) is 0 Å². The van der Waals surface area contributed by atoms with E-state index in [1.165, 1.54) is 34.0 Å². The zero-order valence-electron chi connectivity index (χ0n) is 17.6. The van der Waals surface area contributed by atoms with Crippen LogP contribution in [0.1, 0.15) is 64.8 Å². The Bertz CT molecular complexity index is 1060. The minimum absolute atomic E-state index is 0.227. The molecule has 0 saturated carbocycles. The van der Waals surface area contributed by atoms with Gasteiger partial charge in [0.2, 0.25) is 0 Å². The molecule has 3 aromatic rings. The number of carbonyl (C=O) groups is 1. The van der Waals surface area contributed by atoms with E-state index in [-0.39, 0.29) is 6.04 Å². The van der Waals surface area contributed by atoms with Gasteiger partial charge in [0.1, 0.15) is 0 Å². The lowest BCUT2D eigenvalue weighted by molar-refractivity contribution is 0.0695. The second-order valence-corrected chi connectivity index (χ2v) is 8.29. The van der Waals surface area contributed by atoms with Crippen LogP contribution in [0.5, 0.6) is 0 Å². The van der Waals surface area contributed by atoms with Crippen molar-refractivity contribution in [2.45, 2.75) is 45.1 Å². The van der Waals surface area contributed by atoms with Gasteiger partial charge in [-0.05, 0) is 71.2 Å². The zero-order chi connectivity index (χ0) is 21.1. The van der Waals surface area contributed by atoms with Gasteiger partial charge in [0.25, 0.3) is 0 Å². The van der Waals surface area contributed by atoms with Crippen molar-refractivity contribution >= 4 is 5.97 Å². The number of nitrogens with zero attached hydrogens (tertiary/aromatic N) is 1. The summed E-state index contributed by atoms with van der Waals surface area (Å²) in [5.74, 6) is -0.410. The molecular weight excluding hydrogens is 372 g/mol. The summed E-state index contributed by atoms with van der Waals surface area (Å²) in [6.45, 7) is 5.41. The molecule has 0 unspecified atom stereocenters. The molecule has 0 spiro atoms. The van der Waals surface area contributed by atoms with E-state index < -0.39 is 5.97 Å². The maximum absolute atomic E-state index is 11.5. The van der Waals surface area contributed by atoms with Crippen molar-refractivity contribution in [1.29, 1.82) is 0 Å². The number of carboxylic acid groups (broad SMARTS) is 1. The molecule has 0 radical (unpaired) electrons. The highest BCUT2D eigenvalue weighted by Crippen LogP contribution is 2.34. The second-order valence-electron chi connectivity index (χ2n) is 8.29. The largest absolute Gasteiger partial charge is 0.478 e. The first kappa shape index (κ1) is 20.3. The number of aromatic carboxylic acids is 1. The normalized spacial score (nSPS) is 15.8. The van der Waals surface area contributed by atoms with Gasteiger partial charge in [-0.2, -0.15) is 0 Å². The fraction of sp³-hybridized carbons (Fsp3) is 0.308. The third-order valence-corrected chi connectivity index (χ3v) is 6.03. The molecule has 2 heterocycles. The van der Waals surface area contributed by atoms with E-state index in [4.69, 9.17) is 0 Å².